The number of hydrogen-bond donors (Lipinski definition) is 1. The molecule has 4 aromatic rings. The van der Waals surface area contributed by atoms with Crippen LogP contribution in [0.25, 0.3) is 40.0 Å². The molecular weight excluding hydrogens is 401 g/mol. The summed E-state index contributed by atoms with van der Waals surface area (Å²) in [7, 11) is 0. The third-order valence-electron chi connectivity index (χ3n) is 5.38. The van der Waals surface area contributed by atoms with Gasteiger partial charge >= 0.3 is 6.18 Å². The van der Waals surface area contributed by atoms with E-state index in [0.29, 0.717) is 29.7 Å². The Morgan fingerprint density at radius 2 is 1.93 bits per heavy atom. The Balaban J connectivity index is 1.68. The van der Waals surface area contributed by atoms with Crippen LogP contribution in [0.2, 0.25) is 0 Å². The van der Waals surface area contributed by atoms with Crippen LogP contribution in [-0.2, 0) is 19.0 Å². The lowest BCUT2D eigenvalue weighted by atomic mass is 9.87. The maximum atomic E-state index is 14.0. The van der Waals surface area contributed by atoms with Gasteiger partial charge in [0.05, 0.1) is 5.69 Å². The number of halogens is 3. The van der Waals surface area contributed by atoms with Crippen molar-refractivity contribution in [2.24, 2.45) is 0 Å². The molecule has 0 unspecified atom stereocenters. The van der Waals surface area contributed by atoms with Gasteiger partial charge in [-0.2, -0.15) is 18.3 Å². The second kappa shape index (κ2) is 6.73. The number of aromatic amines is 1. The third-order valence-corrected chi connectivity index (χ3v) is 5.38. The van der Waals surface area contributed by atoms with Gasteiger partial charge in [-0.15, -0.1) is 0 Å². The summed E-state index contributed by atoms with van der Waals surface area (Å²) in [4.78, 5) is 0. The Bertz CT molecular complexity index is 1250. The first kappa shape index (κ1) is 18.4. The topological polar surface area (TPSA) is 54.7 Å². The lowest BCUT2D eigenvalue weighted by molar-refractivity contribution is -0.136. The van der Waals surface area contributed by atoms with E-state index in [4.69, 9.17) is 4.52 Å². The predicted octanol–water partition coefficient (Wildman–Crippen LogP) is 6.16. The number of aromatic nitrogens is 3. The van der Waals surface area contributed by atoms with Crippen molar-refractivity contribution in [2.75, 3.05) is 0 Å². The van der Waals surface area contributed by atoms with Crippen LogP contribution in [0.3, 0.4) is 0 Å². The molecule has 150 valence electrons. The molecule has 0 atom stereocenters. The van der Waals surface area contributed by atoms with Crippen LogP contribution in [0.1, 0.15) is 22.3 Å². The van der Waals surface area contributed by atoms with Crippen molar-refractivity contribution in [3.8, 4) is 34.0 Å². The Kier molecular flexibility index (Phi) is 4.13. The predicted molar refractivity (Wildman–Crippen MR) is 107 cm³/mol. The molecule has 1 N–H and O–H groups in total. The fourth-order valence-electron chi connectivity index (χ4n) is 3.97. The molecule has 0 saturated heterocycles. The Hall–Kier alpha value is -3.61. The van der Waals surface area contributed by atoms with Gasteiger partial charge in [0, 0.05) is 16.7 Å². The van der Waals surface area contributed by atoms with E-state index in [9.17, 15) is 13.2 Å². The molecule has 5 rings (SSSR count). The van der Waals surface area contributed by atoms with Crippen molar-refractivity contribution >= 4 is 6.08 Å². The van der Waals surface area contributed by atoms with E-state index in [1.165, 1.54) is 0 Å². The van der Waals surface area contributed by atoms with E-state index >= 15 is 0 Å². The van der Waals surface area contributed by atoms with Crippen molar-refractivity contribution < 1.29 is 17.7 Å². The van der Waals surface area contributed by atoms with E-state index < -0.39 is 11.7 Å². The minimum atomic E-state index is -4.63. The number of nitrogens with one attached hydrogen (secondary N) is 1. The number of rotatable bonds is 3. The molecule has 0 spiro atoms. The van der Waals surface area contributed by atoms with E-state index in [1.54, 1.807) is 36.4 Å². The normalized spacial score (nSPS) is 13.0. The largest absolute Gasteiger partial charge is 0.422 e. The Morgan fingerprint density at radius 3 is 2.67 bits per heavy atom. The molecule has 0 bridgehead atoms. The molecule has 1 aliphatic carbocycles. The Labute approximate surface area is 170 Å². The highest BCUT2D eigenvalue weighted by Crippen LogP contribution is 2.45. The summed E-state index contributed by atoms with van der Waals surface area (Å²) in [6, 6.07) is 14.1. The van der Waals surface area contributed by atoms with E-state index in [1.807, 2.05) is 18.2 Å². The average Bonchev–Trinajstić information content (AvgIpc) is 3.38. The maximum Gasteiger partial charge on any atom is 0.422 e. The van der Waals surface area contributed by atoms with Crippen molar-refractivity contribution in [3.05, 3.63) is 77.4 Å². The molecule has 0 radical (unpaired) electrons. The fourth-order valence-corrected chi connectivity index (χ4v) is 3.97. The lowest BCUT2D eigenvalue weighted by Gasteiger charge is -2.16. The lowest BCUT2D eigenvalue weighted by Crippen LogP contribution is -2.08. The summed E-state index contributed by atoms with van der Waals surface area (Å²) < 4.78 is 47.3. The van der Waals surface area contributed by atoms with Crippen molar-refractivity contribution in [3.63, 3.8) is 0 Å². The second-order valence-electron chi connectivity index (χ2n) is 7.15. The summed E-state index contributed by atoms with van der Waals surface area (Å²) in [5.74, 6) is -0.332. The minimum Gasteiger partial charge on any atom is -0.353 e. The number of nitrogens with zero attached hydrogens (tertiary/aromatic N) is 2. The quantitative estimate of drug-likeness (QED) is 0.434. The molecule has 2 aromatic carbocycles. The van der Waals surface area contributed by atoms with Crippen molar-refractivity contribution in [1.82, 2.24) is 15.4 Å². The monoisotopic (exact) mass is 417 g/mol. The number of hydrogen-bond acceptors (Lipinski definition) is 3. The van der Waals surface area contributed by atoms with Crippen LogP contribution >= 0.6 is 0 Å². The van der Waals surface area contributed by atoms with Gasteiger partial charge in [-0.1, -0.05) is 66.3 Å². The fraction of sp³-hybridized carbons (Fsp3) is 0.130. The number of alkyl halides is 3. The van der Waals surface area contributed by atoms with E-state index in [2.05, 4.69) is 21.9 Å². The first-order valence-electron chi connectivity index (χ1n) is 9.43. The highest BCUT2D eigenvalue weighted by atomic mass is 22.3. The third kappa shape index (κ3) is 2.85. The van der Waals surface area contributed by atoms with Gasteiger partial charge in [-0.3, -0.25) is 5.10 Å². The average molecular weight is 417 g/mol. The summed E-state index contributed by atoms with van der Waals surface area (Å²) >= 11 is 0. The highest BCUT2D eigenvalue weighted by molar-refractivity contribution is 5.80. The zero-order chi connectivity index (χ0) is 20.9. The molecule has 2 heterocycles. The molecule has 0 saturated carbocycles. The zero-order valence-electron chi connectivity index (χ0n) is 15.8. The number of aryl methyl sites for hydroxylation is 1. The van der Waals surface area contributed by atoms with Crippen LogP contribution in [0.5, 0.6) is 0 Å². The van der Waals surface area contributed by atoms with Crippen LogP contribution in [0, 0.1) is 0 Å². The SMILES string of the molecule is C=Cc1ccc2c(c1)CCc1c-2n[nH]c1-c1onc(-[22c]2ccccc2)c1C(F)(F)F. The van der Waals surface area contributed by atoms with Crippen molar-refractivity contribution in [2.45, 2.75) is 19.0 Å². The van der Waals surface area contributed by atoms with Crippen LogP contribution in [0.4, 0.5) is 13.2 Å². The molecule has 0 aliphatic heterocycles. The summed E-state index contributed by atoms with van der Waals surface area (Å²) in [6.45, 7) is 3.78. The van der Waals surface area contributed by atoms with Gasteiger partial charge in [0.1, 0.15) is 17.0 Å². The summed E-state index contributed by atoms with van der Waals surface area (Å²) in [5.41, 5.74) is 3.79. The smallest absolute Gasteiger partial charge is 0.353 e. The maximum absolute atomic E-state index is 14.0. The zero-order valence-corrected chi connectivity index (χ0v) is 15.8. The molecule has 0 amide bonds. The highest BCUT2D eigenvalue weighted by Gasteiger charge is 2.42. The standard InChI is InChI=1S/C23H16F3N3O/c1-2-13-8-10-16-15(12-13)9-11-17-20(16)27-28-21(17)22-18(23(24,25)26)19(29-30-22)14-6-4-3-5-7-14/h2-8,10,12H,1,9,11H2,(H,27,28)/i14+10. The van der Waals surface area contributed by atoms with Crippen LogP contribution < -0.4 is 0 Å². The number of fused-ring (bicyclic) bond motifs is 3. The van der Waals surface area contributed by atoms with Gasteiger partial charge in [-0.25, -0.2) is 0 Å². The van der Waals surface area contributed by atoms with Gasteiger partial charge in [0.2, 0.25) is 0 Å². The Morgan fingerprint density at radius 1 is 1.13 bits per heavy atom. The molecule has 2 aromatic heterocycles. The van der Waals surface area contributed by atoms with Gasteiger partial charge in [0.25, 0.3) is 0 Å². The molecule has 30 heavy (non-hydrogen) atoms. The second-order valence-corrected chi connectivity index (χ2v) is 7.15. The number of H-pyrrole nitrogens is 1. The van der Waals surface area contributed by atoms with E-state index in [0.717, 1.165) is 16.7 Å². The molecule has 7 heteroatoms. The minimum absolute atomic E-state index is 0.227. The summed E-state index contributed by atoms with van der Waals surface area (Å²) in [6.07, 6.45) is -1.63. The summed E-state index contributed by atoms with van der Waals surface area (Å²) in [5, 5.41) is 10.9. The van der Waals surface area contributed by atoms with Crippen molar-refractivity contribution in [1.29, 1.82) is 0 Å². The molecular formula is C23H16F3N3O. The molecule has 4 nitrogen and oxygen atoms in total. The number of benzene rings is 2. The first-order valence-corrected chi connectivity index (χ1v) is 9.43. The van der Waals surface area contributed by atoms with Gasteiger partial charge in [0.15, 0.2) is 5.76 Å². The van der Waals surface area contributed by atoms with Gasteiger partial charge < -0.3 is 4.52 Å². The van der Waals surface area contributed by atoms with Crippen LogP contribution in [-0.4, -0.2) is 15.4 Å². The van der Waals surface area contributed by atoms with E-state index in [-0.39, 0.29) is 17.1 Å². The van der Waals surface area contributed by atoms with Crippen LogP contribution in [0.15, 0.2) is 59.6 Å². The first-order chi connectivity index (χ1) is 14.5. The van der Waals surface area contributed by atoms with Gasteiger partial charge in [-0.05, 0) is 24.0 Å². The molecule has 0 fully saturated rings. The molecule has 1 aliphatic rings.